The summed E-state index contributed by atoms with van der Waals surface area (Å²) >= 11 is 1.54. The molecule has 3 aromatic rings. The van der Waals surface area contributed by atoms with E-state index in [0.717, 1.165) is 29.4 Å². The molecule has 2 fully saturated rings. The number of amides is 1. The van der Waals surface area contributed by atoms with Gasteiger partial charge in [0.05, 0.1) is 19.3 Å². The summed E-state index contributed by atoms with van der Waals surface area (Å²) in [6.07, 6.45) is 2.75. The summed E-state index contributed by atoms with van der Waals surface area (Å²) < 4.78 is 37.7. The van der Waals surface area contributed by atoms with Crippen LogP contribution in [-0.4, -0.2) is 46.5 Å². The van der Waals surface area contributed by atoms with Crippen LogP contribution in [0, 0.1) is 17.6 Å². The van der Waals surface area contributed by atoms with E-state index in [9.17, 15) is 19.1 Å². The molecule has 7 nitrogen and oxygen atoms in total. The number of hydrogen-bond donors (Lipinski definition) is 1. The first-order valence-corrected chi connectivity index (χ1v) is 13.2. The van der Waals surface area contributed by atoms with Crippen molar-refractivity contribution in [2.45, 2.75) is 35.2 Å². The summed E-state index contributed by atoms with van der Waals surface area (Å²) in [6, 6.07) is 11.1. The molecule has 1 N–H and O–H groups in total. The van der Waals surface area contributed by atoms with Crippen LogP contribution in [0.25, 0.3) is 0 Å². The molecule has 3 atom stereocenters. The molecule has 1 saturated heterocycles. The standard InChI is InChI=1S/C27H23F2N3O4S/c28-17-8-7-16-21(22(17)29)26(14-5-6-14)37-19-4-2-1-3-15(19)23(16)32-20-13-36-12-11-30(20)27(35)24-25(34)18(33)9-10-31(24)32/h1-4,7-10,14,20,23,26,34H,5-6,11-13H2. The summed E-state index contributed by atoms with van der Waals surface area (Å²) in [5.41, 5.74) is 0.984. The highest BCUT2D eigenvalue weighted by Gasteiger charge is 2.48. The van der Waals surface area contributed by atoms with Crippen molar-refractivity contribution in [3.05, 3.63) is 92.9 Å². The first kappa shape index (κ1) is 22.8. The molecule has 1 aliphatic carbocycles. The molecular formula is C27H23F2N3O4S. The van der Waals surface area contributed by atoms with Crippen molar-refractivity contribution in [1.29, 1.82) is 0 Å². The van der Waals surface area contributed by atoms with Gasteiger partial charge in [-0.3, -0.25) is 19.3 Å². The van der Waals surface area contributed by atoms with Crippen LogP contribution in [-0.2, 0) is 4.74 Å². The molecule has 4 aliphatic rings. The van der Waals surface area contributed by atoms with Gasteiger partial charge in [-0.2, -0.15) is 0 Å². The molecule has 37 heavy (non-hydrogen) atoms. The maximum absolute atomic E-state index is 15.7. The zero-order valence-corrected chi connectivity index (χ0v) is 20.5. The van der Waals surface area contributed by atoms with Crippen LogP contribution >= 0.6 is 11.8 Å². The molecule has 4 heterocycles. The lowest BCUT2D eigenvalue weighted by Crippen LogP contribution is -2.66. The highest BCUT2D eigenvalue weighted by Crippen LogP contribution is 2.57. The quantitative estimate of drug-likeness (QED) is 0.549. The minimum absolute atomic E-state index is 0.150. The number of pyridine rings is 1. The Morgan fingerprint density at radius 2 is 1.84 bits per heavy atom. The number of halogens is 2. The van der Waals surface area contributed by atoms with Gasteiger partial charge in [-0.1, -0.05) is 24.3 Å². The largest absolute Gasteiger partial charge is 0.502 e. The Morgan fingerprint density at radius 1 is 1.03 bits per heavy atom. The van der Waals surface area contributed by atoms with Gasteiger partial charge in [-0.15, -0.1) is 11.8 Å². The minimum Gasteiger partial charge on any atom is -0.502 e. The Balaban J connectivity index is 1.54. The fourth-order valence-electron chi connectivity index (χ4n) is 5.83. The number of nitrogens with zero attached hydrogens (tertiary/aromatic N) is 3. The van der Waals surface area contributed by atoms with Gasteiger partial charge in [-0.25, -0.2) is 8.78 Å². The SMILES string of the molecule is O=C1c2c(O)c(=O)ccn2N(C2c3ccccc3SC(C3CC3)c3c2ccc(F)c3F)C2COCCN12. The average Bonchev–Trinajstić information content (AvgIpc) is 3.75. The Kier molecular flexibility index (Phi) is 5.13. The van der Waals surface area contributed by atoms with E-state index in [0.29, 0.717) is 17.7 Å². The monoisotopic (exact) mass is 523 g/mol. The second-order valence-corrected chi connectivity index (χ2v) is 11.0. The number of rotatable bonds is 2. The van der Waals surface area contributed by atoms with Crippen molar-refractivity contribution in [2.75, 3.05) is 24.8 Å². The molecule has 0 bridgehead atoms. The normalized spacial score (nSPS) is 24.6. The van der Waals surface area contributed by atoms with E-state index in [1.54, 1.807) is 22.7 Å². The Labute approximate surface area is 215 Å². The molecule has 2 aromatic carbocycles. The maximum atomic E-state index is 15.7. The molecule has 0 spiro atoms. The number of carbonyl (C=O) groups excluding carboxylic acids is 1. The third-order valence-corrected chi connectivity index (χ3v) is 9.20. The van der Waals surface area contributed by atoms with E-state index in [1.807, 2.05) is 29.3 Å². The fourth-order valence-corrected chi connectivity index (χ4v) is 7.40. The molecule has 3 aliphatic heterocycles. The molecule has 0 radical (unpaired) electrons. The number of aromatic nitrogens is 1. The number of thioether (sulfide) groups is 1. The highest BCUT2D eigenvalue weighted by atomic mass is 32.2. The van der Waals surface area contributed by atoms with E-state index in [1.165, 1.54) is 16.9 Å². The number of aromatic hydroxyl groups is 1. The van der Waals surface area contributed by atoms with Crippen LogP contribution in [0.1, 0.15) is 51.3 Å². The van der Waals surface area contributed by atoms with Gasteiger partial charge in [0.2, 0.25) is 5.43 Å². The van der Waals surface area contributed by atoms with Crippen molar-refractivity contribution in [1.82, 2.24) is 9.58 Å². The lowest BCUT2D eigenvalue weighted by Gasteiger charge is -2.51. The lowest BCUT2D eigenvalue weighted by molar-refractivity contribution is -0.0197. The van der Waals surface area contributed by atoms with Crippen LogP contribution in [0.2, 0.25) is 0 Å². The summed E-state index contributed by atoms with van der Waals surface area (Å²) in [6.45, 7) is 0.751. The minimum atomic E-state index is -0.896. The topological polar surface area (TPSA) is 75.0 Å². The van der Waals surface area contributed by atoms with Crippen LogP contribution in [0.5, 0.6) is 5.75 Å². The number of benzene rings is 2. The second-order valence-electron chi connectivity index (χ2n) is 9.84. The zero-order valence-electron chi connectivity index (χ0n) is 19.6. The number of fused-ring (bicyclic) bond motifs is 4. The van der Waals surface area contributed by atoms with Crippen molar-refractivity contribution >= 4 is 17.7 Å². The summed E-state index contributed by atoms with van der Waals surface area (Å²) in [5, 5.41) is 12.3. The molecule has 7 rings (SSSR count). The van der Waals surface area contributed by atoms with Gasteiger partial charge < -0.3 is 14.7 Å². The highest BCUT2D eigenvalue weighted by molar-refractivity contribution is 7.99. The average molecular weight is 524 g/mol. The fraction of sp³-hybridized carbons (Fsp3) is 0.333. The summed E-state index contributed by atoms with van der Waals surface area (Å²) in [4.78, 5) is 28.4. The second kappa shape index (κ2) is 8.32. The van der Waals surface area contributed by atoms with Crippen molar-refractivity contribution in [2.24, 2.45) is 5.92 Å². The molecule has 10 heteroatoms. The van der Waals surface area contributed by atoms with E-state index < -0.39 is 40.9 Å². The van der Waals surface area contributed by atoms with Crippen LogP contribution in [0.15, 0.2) is 58.4 Å². The van der Waals surface area contributed by atoms with Crippen molar-refractivity contribution in [3.8, 4) is 5.75 Å². The van der Waals surface area contributed by atoms with Gasteiger partial charge in [0, 0.05) is 34.5 Å². The third kappa shape index (κ3) is 3.35. The van der Waals surface area contributed by atoms with E-state index in [-0.39, 0.29) is 30.0 Å². The Morgan fingerprint density at radius 3 is 2.65 bits per heavy atom. The zero-order chi connectivity index (χ0) is 25.4. The third-order valence-electron chi connectivity index (χ3n) is 7.70. The van der Waals surface area contributed by atoms with Crippen molar-refractivity contribution in [3.63, 3.8) is 0 Å². The smallest absolute Gasteiger partial charge is 0.278 e. The van der Waals surface area contributed by atoms with Gasteiger partial charge in [0.25, 0.3) is 5.91 Å². The predicted octanol–water partition coefficient (Wildman–Crippen LogP) is 3.93. The van der Waals surface area contributed by atoms with Gasteiger partial charge in [-0.05, 0) is 42.0 Å². The van der Waals surface area contributed by atoms with Gasteiger partial charge in [0.1, 0.15) is 6.17 Å². The molecule has 3 unspecified atom stereocenters. The Bertz CT molecular complexity index is 1510. The molecular weight excluding hydrogens is 500 g/mol. The lowest BCUT2D eigenvalue weighted by atomic mass is 9.90. The number of morpholine rings is 1. The summed E-state index contributed by atoms with van der Waals surface area (Å²) in [7, 11) is 0. The molecule has 1 saturated carbocycles. The molecule has 1 amide bonds. The Hall–Kier alpha value is -3.37. The number of carbonyl (C=O) groups is 1. The van der Waals surface area contributed by atoms with Crippen LogP contribution in [0.4, 0.5) is 8.78 Å². The van der Waals surface area contributed by atoms with Gasteiger partial charge in [0.15, 0.2) is 23.1 Å². The van der Waals surface area contributed by atoms with Gasteiger partial charge >= 0.3 is 0 Å². The van der Waals surface area contributed by atoms with E-state index in [4.69, 9.17) is 4.74 Å². The van der Waals surface area contributed by atoms with Crippen molar-refractivity contribution < 1.29 is 23.4 Å². The number of hydrogen-bond acceptors (Lipinski definition) is 6. The van der Waals surface area contributed by atoms with E-state index in [2.05, 4.69) is 0 Å². The first-order chi connectivity index (χ1) is 18.0. The van der Waals surface area contributed by atoms with E-state index >= 15 is 4.39 Å². The van der Waals surface area contributed by atoms with Crippen LogP contribution in [0.3, 0.4) is 0 Å². The molecule has 1 aromatic heterocycles. The molecule has 190 valence electrons. The van der Waals surface area contributed by atoms with Crippen LogP contribution < -0.4 is 10.4 Å². The maximum Gasteiger partial charge on any atom is 0.278 e. The number of ether oxygens (including phenoxy) is 1. The predicted molar refractivity (Wildman–Crippen MR) is 132 cm³/mol. The first-order valence-electron chi connectivity index (χ1n) is 12.3. The summed E-state index contributed by atoms with van der Waals surface area (Å²) in [5.74, 6) is -2.63.